The zero-order valence-corrected chi connectivity index (χ0v) is 16.7. The van der Waals surface area contributed by atoms with Gasteiger partial charge in [0.2, 0.25) is 0 Å². The highest BCUT2D eigenvalue weighted by atomic mass is 16.7. The first kappa shape index (κ1) is 17.7. The van der Waals surface area contributed by atoms with Gasteiger partial charge in [-0.15, -0.1) is 0 Å². The minimum Gasteiger partial charge on any atom is -0.350 e. The summed E-state index contributed by atoms with van der Waals surface area (Å²) in [5.41, 5.74) is 0. The van der Waals surface area contributed by atoms with Gasteiger partial charge in [-0.3, -0.25) is 0 Å². The summed E-state index contributed by atoms with van der Waals surface area (Å²) in [4.78, 5) is 0. The van der Waals surface area contributed by atoms with Crippen LogP contribution >= 0.6 is 0 Å². The van der Waals surface area contributed by atoms with Crippen molar-refractivity contribution in [2.45, 2.75) is 82.2 Å². The molecule has 2 spiro atoms. The summed E-state index contributed by atoms with van der Waals surface area (Å²) >= 11 is 0. The first-order valence-corrected chi connectivity index (χ1v) is 11.8. The van der Waals surface area contributed by atoms with Crippen molar-refractivity contribution in [1.82, 2.24) is 0 Å². The van der Waals surface area contributed by atoms with Gasteiger partial charge in [0.05, 0.1) is 26.4 Å². The average Bonchev–Trinajstić information content (AvgIpc) is 3.38. The van der Waals surface area contributed by atoms with E-state index in [1.165, 1.54) is 57.8 Å². The molecule has 4 heteroatoms. The first-order valence-electron chi connectivity index (χ1n) is 11.8. The molecule has 4 aliphatic carbocycles. The number of ether oxygens (including phenoxy) is 4. The van der Waals surface area contributed by atoms with Gasteiger partial charge in [0.15, 0.2) is 11.6 Å². The lowest BCUT2D eigenvalue weighted by molar-refractivity contribution is -0.275. The van der Waals surface area contributed by atoms with E-state index in [0.717, 1.165) is 57.0 Å². The molecule has 7 unspecified atom stereocenters. The highest BCUT2D eigenvalue weighted by Crippen LogP contribution is 2.60. The van der Waals surface area contributed by atoms with Crippen molar-refractivity contribution in [3.8, 4) is 0 Å². The molecule has 6 fully saturated rings. The minimum atomic E-state index is -0.241. The smallest absolute Gasteiger partial charge is 0.171 e. The molecule has 0 amide bonds. The summed E-state index contributed by atoms with van der Waals surface area (Å²) in [5, 5.41) is 0. The van der Waals surface area contributed by atoms with Crippen molar-refractivity contribution in [3.05, 3.63) is 0 Å². The molecule has 4 bridgehead atoms. The van der Waals surface area contributed by atoms with E-state index >= 15 is 0 Å². The second-order valence-corrected chi connectivity index (χ2v) is 10.5. The van der Waals surface area contributed by atoms with E-state index in [9.17, 15) is 0 Å². The van der Waals surface area contributed by atoms with Crippen molar-refractivity contribution in [3.63, 3.8) is 0 Å². The van der Waals surface area contributed by atoms with Gasteiger partial charge in [0.25, 0.3) is 0 Å². The predicted octanol–water partition coefficient (Wildman–Crippen LogP) is 4.52. The summed E-state index contributed by atoms with van der Waals surface area (Å²) in [6, 6.07) is 0. The summed E-state index contributed by atoms with van der Waals surface area (Å²) in [5.74, 6) is 3.91. The van der Waals surface area contributed by atoms with Crippen LogP contribution in [0.5, 0.6) is 0 Å². The van der Waals surface area contributed by atoms with E-state index in [0.29, 0.717) is 17.8 Å². The van der Waals surface area contributed by atoms with Crippen LogP contribution in [0, 0.1) is 35.5 Å². The molecule has 6 rings (SSSR count). The van der Waals surface area contributed by atoms with E-state index < -0.39 is 0 Å². The van der Waals surface area contributed by atoms with Gasteiger partial charge < -0.3 is 18.9 Å². The molecule has 7 atom stereocenters. The van der Waals surface area contributed by atoms with Crippen LogP contribution in [0.1, 0.15) is 70.6 Å². The maximum absolute atomic E-state index is 6.61. The summed E-state index contributed by atoms with van der Waals surface area (Å²) in [7, 11) is 0. The molecule has 0 aromatic heterocycles. The molecule has 0 aromatic rings. The van der Waals surface area contributed by atoms with Crippen LogP contribution < -0.4 is 0 Å². The Morgan fingerprint density at radius 2 is 1.41 bits per heavy atom. The lowest BCUT2D eigenvalue weighted by Crippen LogP contribution is -2.45. The molecule has 0 N–H and O–H groups in total. The van der Waals surface area contributed by atoms with Crippen LogP contribution in [0.25, 0.3) is 0 Å². The number of rotatable bonds is 1. The summed E-state index contributed by atoms with van der Waals surface area (Å²) in [6.07, 6.45) is 13.7. The molecular weight excluding hydrogens is 340 g/mol. The second kappa shape index (κ2) is 6.68. The molecule has 0 aromatic carbocycles. The second-order valence-electron chi connectivity index (χ2n) is 10.5. The molecule has 152 valence electrons. The van der Waals surface area contributed by atoms with E-state index in [1.54, 1.807) is 0 Å². The fourth-order valence-electron chi connectivity index (χ4n) is 7.80. The van der Waals surface area contributed by atoms with Crippen LogP contribution in [0.2, 0.25) is 0 Å². The molecular formula is C23H36O4. The summed E-state index contributed by atoms with van der Waals surface area (Å²) < 4.78 is 25.7. The molecule has 2 heterocycles. The maximum Gasteiger partial charge on any atom is 0.171 e. The first-order chi connectivity index (χ1) is 13.3. The van der Waals surface area contributed by atoms with Crippen molar-refractivity contribution in [1.29, 1.82) is 0 Å². The van der Waals surface area contributed by atoms with Gasteiger partial charge in [0, 0.05) is 24.7 Å². The van der Waals surface area contributed by atoms with Crippen LogP contribution in [0.3, 0.4) is 0 Å². The molecule has 2 saturated heterocycles. The van der Waals surface area contributed by atoms with E-state index in [-0.39, 0.29) is 11.6 Å². The zero-order valence-electron chi connectivity index (χ0n) is 16.7. The van der Waals surface area contributed by atoms with Crippen molar-refractivity contribution < 1.29 is 18.9 Å². The van der Waals surface area contributed by atoms with Crippen LogP contribution in [-0.4, -0.2) is 38.0 Å². The van der Waals surface area contributed by atoms with Crippen LogP contribution in [-0.2, 0) is 18.9 Å². The Morgan fingerprint density at radius 1 is 0.593 bits per heavy atom. The molecule has 27 heavy (non-hydrogen) atoms. The normalized spacial score (nSPS) is 51.6. The van der Waals surface area contributed by atoms with Gasteiger partial charge in [-0.25, -0.2) is 0 Å². The zero-order chi connectivity index (χ0) is 17.9. The van der Waals surface area contributed by atoms with Crippen LogP contribution in [0.4, 0.5) is 0 Å². The van der Waals surface area contributed by atoms with Crippen molar-refractivity contribution >= 4 is 0 Å². The van der Waals surface area contributed by atoms with Gasteiger partial charge in [0.1, 0.15) is 0 Å². The summed E-state index contributed by atoms with van der Waals surface area (Å²) in [6.45, 7) is 3.60. The van der Waals surface area contributed by atoms with Crippen molar-refractivity contribution in [2.75, 3.05) is 26.4 Å². The Morgan fingerprint density at radius 3 is 2.11 bits per heavy atom. The molecule has 6 aliphatic rings. The highest BCUT2D eigenvalue weighted by molar-refractivity contribution is 5.04. The fraction of sp³-hybridized carbons (Fsp3) is 1.00. The molecule has 4 nitrogen and oxygen atoms in total. The minimum absolute atomic E-state index is 0.206. The maximum atomic E-state index is 6.61. The van der Waals surface area contributed by atoms with Gasteiger partial charge >= 0.3 is 0 Å². The van der Waals surface area contributed by atoms with Gasteiger partial charge in [-0.05, 0) is 81.5 Å². The van der Waals surface area contributed by atoms with Crippen LogP contribution in [0.15, 0.2) is 0 Å². The highest BCUT2D eigenvalue weighted by Gasteiger charge is 2.59. The fourth-order valence-corrected chi connectivity index (χ4v) is 7.80. The monoisotopic (exact) mass is 376 g/mol. The SMILES string of the molecule is C1CCOC2(CC3CC2CC3C2CCOC3(CC4CCC3C4)OC2)OCC1. The lowest BCUT2D eigenvalue weighted by atomic mass is 9.76. The largest absolute Gasteiger partial charge is 0.350 e. The Kier molecular flexibility index (Phi) is 4.38. The number of fused-ring (bicyclic) bond motifs is 6. The Hall–Kier alpha value is -0.160. The Balaban J connectivity index is 1.11. The number of hydrogen-bond donors (Lipinski definition) is 0. The third-order valence-corrected chi connectivity index (χ3v) is 9.12. The molecule has 0 radical (unpaired) electrons. The number of hydrogen-bond acceptors (Lipinski definition) is 4. The topological polar surface area (TPSA) is 36.9 Å². The van der Waals surface area contributed by atoms with Gasteiger partial charge in [-0.2, -0.15) is 0 Å². The Bertz CT molecular complexity index is 557. The predicted molar refractivity (Wildman–Crippen MR) is 101 cm³/mol. The van der Waals surface area contributed by atoms with E-state index in [1.807, 2.05) is 0 Å². The lowest BCUT2D eigenvalue weighted by Gasteiger charge is -2.42. The molecule has 2 aliphatic heterocycles. The molecule has 4 saturated carbocycles. The Labute approximate surface area is 163 Å². The van der Waals surface area contributed by atoms with E-state index in [4.69, 9.17) is 18.9 Å². The van der Waals surface area contributed by atoms with Crippen molar-refractivity contribution in [2.24, 2.45) is 35.5 Å². The standard InChI is InChI=1S/C23H36O4/c1-2-7-24-23(25-8-3-1)14-18-11-20(23)12-21(18)17-6-9-26-22(27-15-17)13-16-4-5-19(22)10-16/h16-21H,1-15H2. The van der Waals surface area contributed by atoms with Gasteiger partial charge in [-0.1, -0.05) is 0 Å². The third-order valence-electron chi connectivity index (χ3n) is 9.12. The average molecular weight is 377 g/mol. The third kappa shape index (κ3) is 2.85. The van der Waals surface area contributed by atoms with E-state index in [2.05, 4.69) is 0 Å². The quantitative estimate of drug-likeness (QED) is 0.674.